The van der Waals surface area contributed by atoms with Gasteiger partial charge in [0.15, 0.2) is 5.17 Å². The van der Waals surface area contributed by atoms with Crippen LogP contribution >= 0.6 is 11.8 Å². The molecule has 26 heavy (non-hydrogen) atoms. The number of fused-ring (bicyclic) bond motifs is 1. The first kappa shape index (κ1) is 18.1. The second-order valence-electron chi connectivity index (χ2n) is 5.86. The maximum Gasteiger partial charge on any atom is 0.338 e. The fraction of sp³-hybridized carbons (Fsp3) is 0.353. The minimum Gasteiger partial charge on any atom is -0.466 e. The van der Waals surface area contributed by atoms with Crippen molar-refractivity contribution >= 4 is 34.5 Å². The number of carbonyl (C=O) groups is 2. The smallest absolute Gasteiger partial charge is 0.338 e. The number of aliphatic imine (C=N–C) groups is 1. The molecule has 1 aromatic rings. The van der Waals surface area contributed by atoms with Crippen LogP contribution in [0.1, 0.15) is 31.9 Å². The Bertz CT molecular complexity index is 846. The number of methoxy groups -OCH3 is 1. The highest BCUT2D eigenvalue weighted by Gasteiger charge is 2.47. The molecule has 2 unspecified atom stereocenters. The van der Waals surface area contributed by atoms with E-state index in [1.165, 1.54) is 35.9 Å². The topological polar surface area (TPSA) is 102 Å². The zero-order valence-corrected chi connectivity index (χ0v) is 15.3. The summed E-state index contributed by atoms with van der Waals surface area (Å²) in [7, 11) is 1.27. The Morgan fingerprint density at radius 2 is 2.04 bits per heavy atom. The number of non-ortho nitro benzene ring substituents is 1. The molecule has 0 saturated carbocycles. The number of carbonyl (C=O) groups excluding carboxylic acids is 2. The van der Waals surface area contributed by atoms with Crippen LogP contribution < -0.4 is 0 Å². The number of benzene rings is 1. The van der Waals surface area contributed by atoms with Gasteiger partial charge in [0.25, 0.3) is 5.69 Å². The molecule has 2 aliphatic rings. The lowest BCUT2D eigenvalue weighted by Crippen LogP contribution is -2.40. The van der Waals surface area contributed by atoms with Crippen molar-refractivity contribution in [3.05, 3.63) is 51.2 Å². The summed E-state index contributed by atoms with van der Waals surface area (Å²) in [5, 5.41) is 11.2. The van der Waals surface area contributed by atoms with Gasteiger partial charge in [-0.2, -0.15) is 0 Å². The van der Waals surface area contributed by atoms with Crippen molar-refractivity contribution in [1.82, 2.24) is 4.90 Å². The third-order valence-electron chi connectivity index (χ3n) is 4.35. The van der Waals surface area contributed by atoms with Gasteiger partial charge in [0.05, 0.1) is 34.6 Å². The molecule has 0 N–H and O–H groups in total. The van der Waals surface area contributed by atoms with Crippen LogP contribution in [0.4, 0.5) is 5.69 Å². The summed E-state index contributed by atoms with van der Waals surface area (Å²) in [4.78, 5) is 41.5. The van der Waals surface area contributed by atoms with E-state index in [-0.39, 0.29) is 22.4 Å². The zero-order valence-electron chi connectivity index (χ0n) is 14.5. The molecular weight excluding hydrogens is 358 g/mol. The highest BCUT2D eigenvalue weighted by Crippen LogP contribution is 2.44. The Hall–Kier alpha value is -2.68. The Morgan fingerprint density at radius 3 is 2.58 bits per heavy atom. The largest absolute Gasteiger partial charge is 0.466 e. The van der Waals surface area contributed by atoms with Crippen molar-refractivity contribution in [2.75, 3.05) is 7.11 Å². The number of nitro groups is 1. The van der Waals surface area contributed by atoms with Gasteiger partial charge in [-0.15, -0.1) is 0 Å². The van der Waals surface area contributed by atoms with Crippen LogP contribution in [0.3, 0.4) is 0 Å². The van der Waals surface area contributed by atoms with Gasteiger partial charge in [-0.05, 0) is 31.0 Å². The van der Waals surface area contributed by atoms with Crippen molar-refractivity contribution in [2.45, 2.75) is 31.6 Å². The molecule has 0 radical (unpaired) electrons. The van der Waals surface area contributed by atoms with E-state index >= 15 is 0 Å². The normalized spacial score (nSPS) is 22.2. The molecule has 2 heterocycles. The van der Waals surface area contributed by atoms with Crippen molar-refractivity contribution in [1.29, 1.82) is 0 Å². The van der Waals surface area contributed by atoms with Gasteiger partial charge < -0.3 is 4.74 Å². The molecular formula is C17H17N3O5S. The standard InChI is InChI=1S/C17H17N3O5S/c1-4-12-15(21)19-14(10-5-7-11(8-6-10)20(23)24)13(16(22)25-3)9(2)18-17(19)26-12/h5-8,12,14H,4H2,1-3H3. The van der Waals surface area contributed by atoms with Crippen LogP contribution in [0.25, 0.3) is 0 Å². The molecule has 136 valence electrons. The van der Waals surface area contributed by atoms with Crippen LogP contribution in [0.2, 0.25) is 0 Å². The van der Waals surface area contributed by atoms with Gasteiger partial charge in [0.2, 0.25) is 5.91 Å². The van der Waals surface area contributed by atoms with E-state index in [1.807, 2.05) is 6.92 Å². The number of esters is 1. The first-order valence-electron chi connectivity index (χ1n) is 8.00. The fourth-order valence-electron chi connectivity index (χ4n) is 3.05. The highest BCUT2D eigenvalue weighted by molar-refractivity contribution is 8.15. The molecule has 8 nitrogen and oxygen atoms in total. The summed E-state index contributed by atoms with van der Waals surface area (Å²) in [6.45, 7) is 3.61. The fourth-order valence-corrected chi connectivity index (χ4v) is 4.19. The SMILES string of the molecule is CCC1SC2=NC(C)=C(C(=O)OC)C(c3ccc([N+](=O)[O-])cc3)N2C1=O. The molecule has 0 spiro atoms. The number of thioether (sulfide) groups is 1. The highest BCUT2D eigenvalue weighted by atomic mass is 32.2. The molecule has 2 aliphatic heterocycles. The van der Waals surface area contributed by atoms with Crippen LogP contribution in [-0.2, 0) is 14.3 Å². The summed E-state index contributed by atoms with van der Waals surface area (Å²) in [5.74, 6) is -0.708. The van der Waals surface area contributed by atoms with E-state index in [4.69, 9.17) is 4.74 Å². The number of ether oxygens (including phenoxy) is 1. The van der Waals surface area contributed by atoms with Crippen LogP contribution in [-0.4, -0.2) is 39.2 Å². The Morgan fingerprint density at radius 1 is 1.38 bits per heavy atom. The van der Waals surface area contributed by atoms with E-state index in [0.717, 1.165) is 0 Å². The van der Waals surface area contributed by atoms with Crippen molar-refractivity contribution < 1.29 is 19.2 Å². The molecule has 9 heteroatoms. The first-order chi connectivity index (χ1) is 12.4. The monoisotopic (exact) mass is 375 g/mol. The molecule has 2 atom stereocenters. The predicted molar refractivity (Wildman–Crippen MR) is 96.5 cm³/mol. The first-order valence-corrected chi connectivity index (χ1v) is 8.88. The summed E-state index contributed by atoms with van der Waals surface area (Å²) in [6.07, 6.45) is 0.638. The Balaban J connectivity index is 2.13. The predicted octanol–water partition coefficient (Wildman–Crippen LogP) is 2.81. The number of hydrogen-bond donors (Lipinski definition) is 0. The minimum absolute atomic E-state index is 0.0627. The van der Waals surface area contributed by atoms with Crippen molar-refractivity contribution in [3.63, 3.8) is 0 Å². The number of nitro benzene ring substituents is 1. The number of rotatable bonds is 4. The average Bonchev–Trinajstić information content (AvgIpc) is 2.95. The maximum atomic E-state index is 12.8. The van der Waals surface area contributed by atoms with Gasteiger partial charge in [-0.25, -0.2) is 9.79 Å². The maximum absolute atomic E-state index is 12.8. The van der Waals surface area contributed by atoms with E-state index in [9.17, 15) is 19.7 Å². The molecule has 1 aromatic carbocycles. The number of allylic oxidation sites excluding steroid dienone is 1. The zero-order chi connectivity index (χ0) is 19.0. The van der Waals surface area contributed by atoms with E-state index in [1.54, 1.807) is 19.1 Å². The second-order valence-corrected chi connectivity index (χ2v) is 7.03. The number of amides is 1. The van der Waals surface area contributed by atoms with E-state index in [2.05, 4.69) is 4.99 Å². The summed E-state index contributed by atoms with van der Waals surface area (Å²) < 4.78 is 4.89. The van der Waals surface area contributed by atoms with E-state index < -0.39 is 16.9 Å². The molecule has 1 fully saturated rings. The number of amidine groups is 1. The average molecular weight is 375 g/mol. The molecule has 0 aliphatic carbocycles. The van der Waals surface area contributed by atoms with Gasteiger partial charge in [0, 0.05) is 12.1 Å². The van der Waals surface area contributed by atoms with Gasteiger partial charge >= 0.3 is 5.97 Å². The lowest BCUT2D eigenvalue weighted by molar-refractivity contribution is -0.384. The lowest BCUT2D eigenvalue weighted by atomic mass is 9.94. The molecule has 0 aromatic heterocycles. The van der Waals surface area contributed by atoms with Crippen molar-refractivity contribution in [3.8, 4) is 0 Å². The third kappa shape index (κ3) is 2.88. The summed E-state index contributed by atoms with van der Waals surface area (Å²) in [5.41, 5.74) is 1.26. The van der Waals surface area contributed by atoms with Crippen LogP contribution in [0, 0.1) is 10.1 Å². The third-order valence-corrected chi connectivity index (χ3v) is 5.67. The molecule has 3 rings (SSSR count). The molecule has 1 amide bonds. The summed E-state index contributed by atoms with van der Waals surface area (Å²) in [6, 6.07) is 5.11. The van der Waals surface area contributed by atoms with Crippen LogP contribution in [0.15, 0.2) is 40.5 Å². The molecule has 0 bridgehead atoms. The minimum atomic E-state index is -0.715. The van der Waals surface area contributed by atoms with Crippen molar-refractivity contribution in [2.24, 2.45) is 4.99 Å². The number of nitrogens with zero attached hydrogens (tertiary/aromatic N) is 3. The number of hydrogen-bond acceptors (Lipinski definition) is 7. The Kier molecular flexibility index (Phi) is 4.82. The van der Waals surface area contributed by atoms with Gasteiger partial charge in [-0.1, -0.05) is 18.7 Å². The second kappa shape index (κ2) is 6.91. The summed E-state index contributed by atoms with van der Waals surface area (Å²) >= 11 is 1.37. The molecule has 1 saturated heterocycles. The van der Waals surface area contributed by atoms with Crippen LogP contribution in [0.5, 0.6) is 0 Å². The lowest BCUT2D eigenvalue weighted by Gasteiger charge is -2.32. The Labute approximate surface area is 154 Å². The quantitative estimate of drug-likeness (QED) is 0.455. The van der Waals surface area contributed by atoms with E-state index in [0.29, 0.717) is 22.8 Å². The van der Waals surface area contributed by atoms with Gasteiger partial charge in [-0.3, -0.25) is 19.8 Å². The van der Waals surface area contributed by atoms with Gasteiger partial charge in [0.1, 0.15) is 0 Å².